The highest BCUT2D eigenvalue weighted by Crippen LogP contribution is 2.46. The number of aromatic amines is 1. The van der Waals surface area contributed by atoms with E-state index in [9.17, 15) is 18.3 Å². The fraction of sp³-hybridized carbons (Fsp3) is 0.444. The summed E-state index contributed by atoms with van der Waals surface area (Å²) in [4.78, 5) is 2.20. The molecule has 2 unspecified atom stereocenters. The predicted molar refractivity (Wildman–Crippen MR) is 138 cm³/mol. The molecule has 0 saturated heterocycles. The molecule has 2 heterocycles. The van der Waals surface area contributed by atoms with E-state index in [1.54, 1.807) is 0 Å². The summed E-state index contributed by atoms with van der Waals surface area (Å²) in [6.45, 7) is 4.90. The highest BCUT2D eigenvalue weighted by molar-refractivity contribution is 6.36. The predicted octanol–water partition coefficient (Wildman–Crippen LogP) is 6.39. The van der Waals surface area contributed by atoms with Gasteiger partial charge in [-0.3, -0.25) is 10.00 Å². The van der Waals surface area contributed by atoms with E-state index in [1.165, 1.54) is 5.56 Å². The zero-order valence-corrected chi connectivity index (χ0v) is 22.2. The second kappa shape index (κ2) is 11.7. The van der Waals surface area contributed by atoms with E-state index in [0.29, 0.717) is 38.0 Å². The van der Waals surface area contributed by atoms with Gasteiger partial charge in [0.2, 0.25) is 0 Å². The van der Waals surface area contributed by atoms with Crippen LogP contribution in [0.5, 0.6) is 0 Å². The minimum atomic E-state index is -4.58. The maximum Gasteiger partial charge on any atom is 0.416 e. The molecule has 37 heavy (non-hydrogen) atoms. The lowest BCUT2D eigenvalue weighted by Crippen LogP contribution is -2.46. The standard InChI is InChI=1S/C27H30Cl2F3N3O2/c1-3-22-25(23(4-2)34-33-22)26(24-20(28)12-18(13-21(24)29)27(30,31)32)35-14-17-8-6-5-7-16(17)11-19(35)15-37-10-9-36/h5-8,12-13,19,26,36H,3-4,9-11,14-15H2,1-2H3,(H,33,34). The molecule has 10 heteroatoms. The third-order valence-corrected chi connectivity index (χ3v) is 7.50. The molecule has 0 amide bonds. The molecule has 2 atom stereocenters. The number of hydrogen-bond donors (Lipinski definition) is 2. The second-order valence-corrected chi connectivity index (χ2v) is 9.94. The van der Waals surface area contributed by atoms with Crippen molar-refractivity contribution in [1.29, 1.82) is 0 Å². The van der Waals surface area contributed by atoms with Gasteiger partial charge in [0.15, 0.2) is 0 Å². The summed E-state index contributed by atoms with van der Waals surface area (Å²) >= 11 is 13.3. The third-order valence-electron chi connectivity index (χ3n) is 6.88. The van der Waals surface area contributed by atoms with Gasteiger partial charge in [0, 0.05) is 39.5 Å². The number of aliphatic hydroxyl groups excluding tert-OH is 1. The van der Waals surface area contributed by atoms with Crippen LogP contribution < -0.4 is 0 Å². The Morgan fingerprint density at radius 3 is 2.38 bits per heavy atom. The van der Waals surface area contributed by atoms with Crippen LogP contribution >= 0.6 is 23.2 Å². The molecular formula is C27H30Cl2F3N3O2. The molecule has 1 aliphatic rings. The highest BCUT2D eigenvalue weighted by atomic mass is 35.5. The van der Waals surface area contributed by atoms with Crippen molar-refractivity contribution in [2.45, 2.75) is 57.9 Å². The summed E-state index contributed by atoms with van der Waals surface area (Å²) in [5, 5.41) is 16.8. The molecule has 4 rings (SSSR count). The van der Waals surface area contributed by atoms with Crippen molar-refractivity contribution in [1.82, 2.24) is 15.1 Å². The molecule has 1 aliphatic heterocycles. The van der Waals surface area contributed by atoms with Crippen LogP contribution in [0.15, 0.2) is 36.4 Å². The van der Waals surface area contributed by atoms with Gasteiger partial charge in [0.05, 0.1) is 37.1 Å². The van der Waals surface area contributed by atoms with E-state index >= 15 is 0 Å². The first kappa shape index (κ1) is 27.9. The van der Waals surface area contributed by atoms with Crippen LogP contribution in [0, 0.1) is 0 Å². The number of aryl methyl sites for hydroxylation is 2. The molecule has 200 valence electrons. The first-order valence-electron chi connectivity index (χ1n) is 12.3. The molecule has 0 radical (unpaired) electrons. The average molecular weight is 556 g/mol. The molecule has 3 aromatic rings. The van der Waals surface area contributed by atoms with Gasteiger partial charge in [0.25, 0.3) is 0 Å². The monoisotopic (exact) mass is 555 g/mol. The number of fused-ring (bicyclic) bond motifs is 1. The molecule has 0 bridgehead atoms. The first-order chi connectivity index (χ1) is 17.7. The lowest BCUT2D eigenvalue weighted by molar-refractivity contribution is -0.137. The Bertz CT molecular complexity index is 1190. The quantitative estimate of drug-likeness (QED) is 0.300. The van der Waals surface area contributed by atoms with Crippen LogP contribution in [0.25, 0.3) is 0 Å². The largest absolute Gasteiger partial charge is 0.416 e. The summed E-state index contributed by atoms with van der Waals surface area (Å²) in [5.41, 5.74) is 4.37. The van der Waals surface area contributed by atoms with Crippen LogP contribution in [0.3, 0.4) is 0 Å². The summed E-state index contributed by atoms with van der Waals surface area (Å²) in [6.07, 6.45) is -2.65. The van der Waals surface area contributed by atoms with Gasteiger partial charge in [-0.25, -0.2) is 0 Å². The van der Waals surface area contributed by atoms with Crippen molar-refractivity contribution < 1.29 is 23.0 Å². The minimum Gasteiger partial charge on any atom is -0.394 e. The fourth-order valence-electron chi connectivity index (χ4n) is 5.13. The van der Waals surface area contributed by atoms with Crippen molar-refractivity contribution in [2.75, 3.05) is 19.8 Å². The van der Waals surface area contributed by atoms with Gasteiger partial charge in [0.1, 0.15) is 0 Å². The number of nitrogens with zero attached hydrogens (tertiary/aromatic N) is 2. The first-order valence-corrected chi connectivity index (χ1v) is 13.1. The number of nitrogens with one attached hydrogen (secondary N) is 1. The number of alkyl halides is 3. The Morgan fingerprint density at radius 2 is 1.78 bits per heavy atom. The minimum absolute atomic E-state index is 0.0518. The van der Waals surface area contributed by atoms with Gasteiger partial charge >= 0.3 is 6.18 Å². The molecular weight excluding hydrogens is 526 g/mol. The average Bonchev–Trinajstić information content (AvgIpc) is 3.28. The summed E-state index contributed by atoms with van der Waals surface area (Å²) in [6, 6.07) is 9.26. The summed E-state index contributed by atoms with van der Waals surface area (Å²) < 4.78 is 46.5. The second-order valence-electron chi connectivity index (χ2n) is 9.12. The lowest BCUT2D eigenvalue weighted by atomic mass is 9.87. The molecule has 5 nitrogen and oxygen atoms in total. The van der Waals surface area contributed by atoms with Crippen molar-refractivity contribution >= 4 is 23.2 Å². The number of aliphatic hydroxyl groups is 1. The van der Waals surface area contributed by atoms with Gasteiger partial charge in [-0.15, -0.1) is 0 Å². The molecule has 0 fully saturated rings. The zero-order valence-electron chi connectivity index (χ0n) is 20.7. The van der Waals surface area contributed by atoms with Crippen molar-refractivity contribution in [3.05, 3.63) is 85.6 Å². The topological polar surface area (TPSA) is 61.4 Å². The fourth-order valence-corrected chi connectivity index (χ4v) is 5.82. The Balaban J connectivity index is 1.93. The lowest BCUT2D eigenvalue weighted by Gasteiger charge is -2.43. The maximum atomic E-state index is 13.6. The molecule has 2 aromatic carbocycles. The molecule has 0 aliphatic carbocycles. The Hall–Kier alpha value is -2.10. The van der Waals surface area contributed by atoms with Gasteiger partial charge in [-0.05, 0) is 42.5 Å². The number of H-pyrrole nitrogens is 1. The van der Waals surface area contributed by atoms with Crippen LogP contribution in [-0.2, 0) is 36.7 Å². The smallest absolute Gasteiger partial charge is 0.394 e. The van der Waals surface area contributed by atoms with Crippen LogP contribution in [0.1, 0.15) is 59.1 Å². The maximum absolute atomic E-state index is 13.6. The third kappa shape index (κ3) is 5.83. The van der Waals surface area contributed by atoms with Crippen molar-refractivity contribution in [3.63, 3.8) is 0 Å². The van der Waals surface area contributed by atoms with E-state index in [0.717, 1.165) is 34.6 Å². The molecule has 2 N–H and O–H groups in total. The Morgan fingerprint density at radius 1 is 1.11 bits per heavy atom. The summed E-state index contributed by atoms with van der Waals surface area (Å²) in [5.74, 6) is 0. The number of ether oxygens (including phenoxy) is 1. The van der Waals surface area contributed by atoms with E-state index in [-0.39, 0.29) is 29.3 Å². The number of benzene rings is 2. The SMILES string of the molecule is CCc1n[nH]c(CC)c1C(c1c(Cl)cc(C(F)(F)F)cc1Cl)N1Cc2ccccc2CC1COCCO. The van der Waals surface area contributed by atoms with E-state index in [2.05, 4.69) is 27.2 Å². The zero-order chi connectivity index (χ0) is 26.7. The number of rotatable bonds is 9. The van der Waals surface area contributed by atoms with E-state index in [4.69, 9.17) is 27.9 Å². The molecule has 0 saturated carbocycles. The summed E-state index contributed by atoms with van der Waals surface area (Å²) in [7, 11) is 0. The van der Waals surface area contributed by atoms with Crippen molar-refractivity contribution in [2.24, 2.45) is 0 Å². The van der Waals surface area contributed by atoms with Crippen LogP contribution in [0.4, 0.5) is 13.2 Å². The van der Waals surface area contributed by atoms with E-state index in [1.807, 2.05) is 26.0 Å². The van der Waals surface area contributed by atoms with Crippen LogP contribution in [-0.4, -0.2) is 46.1 Å². The Kier molecular flexibility index (Phi) is 8.86. The number of hydrogen-bond acceptors (Lipinski definition) is 4. The number of aromatic nitrogens is 2. The molecule has 0 spiro atoms. The normalized spacial score (nSPS) is 17.1. The number of halogens is 5. The van der Waals surface area contributed by atoms with Crippen LogP contribution in [0.2, 0.25) is 10.0 Å². The van der Waals surface area contributed by atoms with Gasteiger partial charge in [-0.1, -0.05) is 61.3 Å². The Labute approximate surface area is 224 Å². The van der Waals surface area contributed by atoms with Crippen molar-refractivity contribution in [3.8, 4) is 0 Å². The highest BCUT2D eigenvalue weighted by Gasteiger charge is 2.39. The van der Waals surface area contributed by atoms with Gasteiger partial charge in [-0.2, -0.15) is 18.3 Å². The van der Waals surface area contributed by atoms with E-state index < -0.39 is 17.8 Å². The molecule has 1 aromatic heterocycles. The van der Waals surface area contributed by atoms with Gasteiger partial charge < -0.3 is 9.84 Å².